The standard InChI is InChI=1S/C23H29N3O3S/c1-2-28-19-5-3-18(4-6-19)21-25-26-22(29-21)30-13-20(27)24-14-23-10-15-7-16(11-23)9-17(8-15)12-23/h3-6,15-17H,2,7-14H2,1H3,(H,24,27). The average molecular weight is 428 g/mol. The Bertz CT molecular complexity index is 860. The minimum Gasteiger partial charge on any atom is -0.494 e. The van der Waals surface area contributed by atoms with Crippen LogP contribution in [0.5, 0.6) is 5.75 Å². The Morgan fingerprint density at radius 2 is 1.80 bits per heavy atom. The van der Waals surface area contributed by atoms with Crippen LogP contribution in [0.2, 0.25) is 0 Å². The third-order valence-corrected chi connectivity index (χ3v) is 7.79. The number of nitrogens with zero attached hydrogens (tertiary/aromatic N) is 2. The van der Waals surface area contributed by atoms with Crippen molar-refractivity contribution in [3.63, 3.8) is 0 Å². The van der Waals surface area contributed by atoms with Gasteiger partial charge < -0.3 is 14.5 Å². The second-order valence-electron chi connectivity index (χ2n) is 9.31. The molecule has 1 aromatic heterocycles. The molecule has 6 nitrogen and oxygen atoms in total. The topological polar surface area (TPSA) is 77.2 Å². The van der Waals surface area contributed by atoms with Crippen molar-refractivity contribution in [3.8, 4) is 17.2 Å². The van der Waals surface area contributed by atoms with Crippen LogP contribution in [0.15, 0.2) is 33.9 Å². The van der Waals surface area contributed by atoms with Crippen molar-refractivity contribution in [1.29, 1.82) is 0 Å². The number of rotatable bonds is 8. The molecule has 4 saturated carbocycles. The van der Waals surface area contributed by atoms with Gasteiger partial charge in [-0.05, 0) is 92.9 Å². The first-order chi connectivity index (χ1) is 14.6. The van der Waals surface area contributed by atoms with E-state index in [2.05, 4.69) is 15.5 Å². The van der Waals surface area contributed by atoms with E-state index < -0.39 is 0 Å². The van der Waals surface area contributed by atoms with Crippen LogP contribution < -0.4 is 10.1 Å². The summed E-state index contributed by atoms with van der Waals surface area (Å²) in [5.41, 5.74) is 1.20. The number of amides is 1. The zero-order valence-corrected chi connectivity index (χ0v) is 18.2. The molecule has 2 aromatic rings. The second-order valence-corrected chi connectivity index (χ2v) is 10.2. The lowest BCUT2D eigenvalue weighted by Crippen LogP contribution is -2.51. The van der Waals surface area contributed by atoms with E-state index >= 15 is 0 Å². The van der Waals surface area contributed by atoms with Gasteiger partial charge in [-0.2, -0.15) is 0 Å². The highest BCUT2D eigenvalue weighted by Crippen LogP contribution is 2.59. The van der Waals surface area contributed by atoms with Gasteiger partial charge in [0.2, 0.25) is 11.8 Å². The first-order valence-corrected chi connectivity index (χ1v) is 12.1. The molecule has 4 fully saturated rings. The van der Waals surface area contributed by atoms with Crippen LogP contribution in [0.4, 0.5) is 0 Å². The van der Waals surface area contributed by atoms with E-state index in [9.17, 15) is 4.79 Å². The zero-order valence-electron chi connectivity index (χ0n) is 17.4. The Morgan fingerprint density at radius 1 is 1.13 bits per heavy atom. The maximum atomic E-state index is 12.4. The molecule has 0 aliphatic heterocycles. The molecular formula is C23H29N3O3S. The monoisotopic (exact) mass is 427 g/mol. The van der Waals surface area contributed by atoms with Crippen molar-refractivity contribution in [3.05, 3.63) is 24.3 Å². The average Bonchev–Trinajstić information content (AvgIpc) is 3.20. The van der Waals surface area contributed by atoms with Crippen LogP contribution >= 0.6 is 11.8 Å². The van der Waals surface area contributed by atoms with Crippen molar-refractivity contribution in [2.24, 2.45) is 23.2 Å². The summed E-state index contributed by atoms with van der Waals surface area (Å²) < 4.78 is 11.2. The van der Waals surface area contributed by atoms with Crippen LogP contribution in [-0.4, -0.2) is 35.0 Å². The number of hydrogen-bond acceptors (Lipinski definition) is 6. The first-order valence-electron chi connectivity index (χ1n) is 11.1. The predicted octanol–water partition coefficient (Wildman–Crippen LogP) is 4.56. The minimum atomic E-state index is 0.0524. The van der Waals surface area contributed by atoms with Gasteiger partial charge in [0.05, 0.1) is 12.4 Å². The third-order valence-electron chi connectivity index (χ3n) is 6.97. The van der Waals surface area contributed by atoms with Gasteiger partial charge in [-0.25, -0.2) is 0 Å². The van der Waals surface area contributed by atoms with E-state index in [0.717, 1.165) is 35.6 Å². The summed E-state index contributed by atoms with van der Waals surface area (Å²) in [6, 6.07) is 7.55. The van der Waals surface area contributed by atoms with Gasteiger partial charge in [-0.15, -0.1) is 10.2 Å². The number of carbonyl (C=O) groups excluding carboxylic acids is 1. The Hall–Kier alpha value is -2.02. The van der Waals surface area contributed by atoms with Gasteiger partial charge in [0.15, 0.2) is 0 Å². The number of carbonyl (C=O) groups is 1. The van der Waals surface area contributed by atoms with Gasteiger partial charge in [0, 0.05) is 12.1 Å². The number of benzene rings is 1. The molecule has 30 heavy (non-hydrogen) atoms. The highest BCUT2D eigenvalue weighted by molar-refractivity contribution is 7.99. The number of nitrogens with one attached hydrogen (secondary N) is 1. The Kier molecular flexibility index (Phi) is 5.48. The van der Waals surface area contributed by atoms with Gasteiger partial charge in [-0.3, -0.25) is 4.79 Å². The van der Waals surface area contributed by atoms with E-state index in [1.165, 1.54) is 50.3 Å². The Morgan fingerprint density at radius 3 is 2.43 bits per heavy atom. The molecule has 0 saturated heterocycles. The normalized spacial score (nSPS) is 29.2. The smallest absolute Gasteiger partial charge is 0.277 e. The van der Waals surface area contributed by atoms with Crippen molar-refractivity contribution < 1.29 is 13.9 Å². The summed E-state index contributed by atoms with van der Waals surface area (Å²) in [6.07, 6.45) is 8.20. The van der Waals surface area contributed by atoms with Crippen molar-refractivity contribution in [2.45, 2.75) is 50.7 Å². The molecule has 0 radical (unpaired) electrons. The highest BCUT2D eigenvalue weighted by atomic mass is 32.2. The largest absolute Gasteiger partial charge is 0.494 e. The van der Waals surface area contributed by atoms with Crippen molar-refractivity contribution in [2.75, 3.05) is 18.9 Å². The molecule has 4 aliphatic carbocycles. The Balaban J connectivity index is 1.11. The summed E-state index contributed by atoms with van der Waals surface area (Å²) in [6.45, 7) is 3.41. The number of aromatic nitrogens is 2. The molecule has 0 spiro atoms. The molecule has 1 heterocycles. The van der Waals surface area contributed by atoms with E-state index in [1.807, 2.05) is 31.2 Å². The van der Waals surface area contributed by atoms with E-state index in [4.69, 9.17) is 9.15 Å². The molecule has 4 bridgehead atoms. The summed E-state index contributed by atoms with van der Waals surface area (Å²) in [4.78, 5) is 12.4. The molecule has 0 atom stereocenters. The summed E-state index contributed by atoms with van der Waals surface area (Å²) >= 11 is 1.30. The van der Waals surface area contributed by atoms with Gasteiger partial charge >= 0.3 is 0 Å². The molecule has 4 aliphatic rings. The molecule has 160 valence electrons. The fourth-order valence-corrected chi connectivity index (χ4v) is 6.81. The van der Waals surface area contributed by atoms with Crippen LogP contribution in [0.25, 0.3) is 11.5 Å². The second kappa shape index (κ2) is 8.25. The third kappa shape index (κ3) is 4.22. The predicted molar refractivity (Wildman–Crippen MR) is 115 cm³/mol. The van der Waals surface area contributed by atoms with E-state index in [0.29, 0.717) is 28.9 Å². The fraction of sp³-hybridized carbons (Fsp3) is 0.609. The molecule has 1 amide bonds. The van der Waals surface area contributed by atoms with Crippen molar-refractivity contribution in [1.82, 2.24) is 15.5 Å². The lowest BCUT2D eigenvalue weighted by Gasteiger charge is -2.56. The van der Waals surface area contributed by atoms with Gasteiger partial charge in [0.25, 0.3) is 5.22 Å². The zero-order chi connectivity index (χ0) is 20.6. The van der Waals surface area contributed by atoms with Crippen LogP contribution in [0, 0.1) is 23.2 Å². The lowest BCUT2D eigenvalue weighted by atomic mass is 9.49. The molecule has 0 unspecified atom stereocenters. The van der Waals surface area contributed by atoms with E-state index in [-0.39, 0.29) is 5.91 Å². The molecule has 1 N–H and O–H groups in total. The SMILES string of the molecule is CCOc1ccc(-c2nnc(SCC(=O)NCC34CC5CC(CC(C5)C3)C4)o2)cc1. The quantitative estimate of drug-likeness (QED) is 0.622. The summed E-state index contributed by atoms with van der Waals surface area (Å²) in [7, 11) is 0. The highest BCUT2D eigenvalue weighted by Gasteiger charge is 2.50. The van der Waals surface area contributed by atoms with Gasteiger partial charge in [0.1, 0.15) is 5.75 Å². The number of ether oxygens (including phenoxy) is 1. The molecular weight excluding hydrogens is 398 g/mol. The molecule has 6 rings (SSSR count). The first kappa shape index (κ1) is 19.9. The van der Waals surface area contributed by atoms with Crippen LogP contribution in [0.1, 0.15) is 45.4 Å². The summed E-state index contributed by atoms with van der Waals surface area (Å²) in [5, 5.41) is 11.8. The molecule has 1 aromatic carbocycles. The number of thioether (sulfide) groups is 1. The summed E-state index contributed by atoms with van der Waals surface area (Å²) in [5.74, 6) is 4.33. The maximum absolute atomic E-state index is 12.4. The van der Waals surface area contributed by atoms with Crippen molar-refractivity contribution >= 4 is 17.7 Å². The number of hydrogen-bond donors (Lipinski definition) is 1. The van der Waals surface area contributed by atoms with Crippen LogP contribution in [0.3, 0.4) is 0 Å². The maximum Gasteiger partial charge on any atom is 0.277 e. The van der Waals surface area contributed by atoms with Gasteiger partial charge in [-0.1, -0.05) is 11.8 Å². The lowest BCUT2D eigenvalue weighted by molar-refractivity contribution is -0.120. The Labute approximate surface area is 181 Å². The van der Waals surface area contributed by atoms with Crippen LogP contribution in [-0.2, 0) is 4.79 Å². The minimum absolute atomic E-state index is 0.0524. The van der Waals surface area contributed by atoms with E-state index in [1.54, 1.807) is 0 Å². The fourth-order valence-electron chi connectivity index (χ4n) is 6.22. The molecule has 7 heteroatoms.